The van der Waals surface area contributed by atoms with Gasteiger partial charge in [0.2, 0.25) is 21.8 Å². The molecule has 40 heavy (non-hydrogen) atoms. The van der Waals surface area contributed by atoms with Gasteiger partial charge >= 0.3 is 0 Å². The van der Waals surface area contributed by atoms with E-state index < -0.39 is 28.5 Å². The van der Waals surface area contributed by atoms with Crippen molar-refractivity contribution in [2.45, 2.75) is 32.9 Å². The average molecular weight is 586 g/mol. The highest BCUT2D eigenvalue weighted by Gasteiger charge is 2.33. The van der Waals surface area contributed by atoms with E-state index in [1.807, 2.05) is 50.2 Å². The Morgan fingerprint density at radius 1 is 0.950 bits per heavy atom. The number of halogens is 1. The number of carbonyl (C=O) groups is 2. The molecule has 1 N–H and O–H groups in total. The molecule has 0 bridgehead atoms. The van der Waals surface area contributed by atoms with Gasteiger partial charge in [-0.25, -0.2) is 8.42 Å². The van der Waals surface area contributed by atoms with Crippen LogP contribution < -0.4 is 14.4 Å². The summed E-state index contributed by atoms with van der Waals surface area (Å²) < 4.78 is 32.0. The molecule has 3 rings (SSSR count). The van der Waals surface area contributed by atoms with Crippen LogP contribution in [0.2, 0.25) is 5.02 Å². The topological polar surface area (TPSA) is 96.0 Å². The number of carbonyl (C=O) groups excluding carboxylic acids is 2. The number of hydrogen-bond donors (Lipinski definition) is 1. The highest BCUT2D eigenvalue weighted by atomic mass is 35.5. The second-order valence-electron chi connectivity index (χ2n) is 9.97. The molecule has 0 heterocycles. The Morgan fingerprint density at radius 3 is 2.25 bits per heavy atom. The first kappa shape index (κ1) is 31.0. The van der Waals surface area contributed by atoms with E-state index in [9.17, 15) is 18.0 Å². The van der Waals surface area contributed by atoms with Gasteiger partial charge in [-0.15, -0.1) is 0 Å². The van der Waals surface area contributed by atoms with E-state index in [0.29, 0.717) is 17.3 Å². The Labute approximate surface area is 241 Å². The van der Waals surface area contributed by atoms with Crippen molar-refractivity contribution in [2.75, 3.05) is 30.8 Å². The molecule has 0 saturated heterocycles. The first-order valence-electron chi connectivity index (χ1n) is 12.9. The predicted octanol–water partition coefficient (Wildman–Crippen LogP) is 4.53. The van der Waals surface area contributed by atoms with Crippen molar-refractivity contribution in [3.05, 3.63) is 95.0 Å². The lowest BCUT2D eigenvalue weighted by molar-refractivity contribution is -0.140. The summed E-state index contributed by atoms with van der Waals surface area (Å²) in [6.45, 7) is 3.96. The number of sulfonamides is 1. The Balaban J connectivity index is 2.06. The summed E-state index contributed by atoms with van der Waals surface area (Å²) in [5, 5.41) is 3.30. The minimum absolute atomic E-state index is 0.0653. The van der Waals surface area contributed by atoms with Crippen molar-refractivity contribution < 1.29 is 22.7 Å². The van der Waals surface area contributed by atoms with Crippen LogP contribution in [0.3, 0.4) is 0 Å². The number of methoxy groups -OCH3 is 1. The second kappa shape index (κ2) is 14.2. The standard InChI is InChI=1S/C30H36ClN3O5S/c1-22(2)19-32-30(36)28(17-23-10-6-5-7-11-23)33(20-24-12-8-15-27(16-24)39-3)29(35)21-34(40(4,37)38)26-14-9-13-25(31)18-26/h5-16,18,22,28H,17,19-21H2,1-4H3,(H,32,36)/t28-/m1/s1. The molecule has 3 aromatic rings. The van der Waals surface area contributed by atoms with E-state index in [2.05, 4.69) is 5.32 Å². The Kier molecular flexibility index (Phi) is 11.0. The van der Waals surface area contributed by atoms with Crippen molar-refractivity contribution in [2.24, 2.45) is 5.92 Å². The van der Waals surface area contributed by atoms with Crippen LogP contribution in [0.1, 0.15) is 25.0 Å². The summed E-state index contributed by atoms with van der Waals surface area (Å²) in [4.78, 5) is 29.1. The van der Waals surface area contributed by atoms with Gasteiger partial charge in [0.1, 0.15) is 18.3 Å². The van der Waals surface area contributed by atoms with Gasteiger partial charge < -0.3 is 15.0 Å². The molecule has 10 heteroatoms. The number of nitrogens with zero attached hydrogens (tertiary/aromatic N) is 2. The fraction of sp³-hybridized carbons (Fsp3) is 0.333. The molecular formula is C30H36ClN3O5S. The van der Waals surface area contributed by atoms with Gasteiger partial charge in [-0.2, -0.15) is 0 Å². The largest absolute Gasteiger partial charge is 0.497 e. The summed E-state index contributed by atoms with van der Waals surface area (Å²) >= 11 is 6.13. The van der Waals surface area contributed by atoms with E-state index >= 15 is 0 Å². The Morgan fingerprint density at radius 2 is 1.62 bits per heavy atom. The molecule has 2 amide bonds. The third kappa shape index (κ3) is 8.99. The lowest BCUT2D eigenvalue weighted by Gasteiger charge is -2.33. The summed E-state index contributed by atoms with van der Waals surface area (Å²) in [6.07, 6.45) is 1.28. The third-order valence-electron chi connectivity index (χ3n) is 6.22. The number of anilines is 1. The van der Waals surface area contributed by atoms with Crippen molar-refractivity contribution in [1.82, 2.24) is 10.2 Å². The third-order valence-corrected chi connectivity index (χ3v) is 7.59. The smallest absolute Gasteiger partial charge is 0.244 e. The van der Waals surface area contributed by atoms with Gasteiger partial charge in [0.25, 0.3) is 0 Å². The van der Waals surface area contributed by atoms with Crippen LogP contribution in [0.4, 0.5) is 5.69 Å². The highest BCUT2D eigenvalue weighted by molar-refractivity contribution is 7.92. The molecule has 0 saturated carbocycles. The second-order valence-corrected chi connectivity index (χ2v) is 12.3. The number of amides is 2. The van der Waals surface area contributed by atoms with Crippen LogP contribution in [0.15, 0.2) is 78.9 Å². The maximum Gasteiger partial charge on any atom is 0.244 e. The van der Waals surface area contributed by atoms with Gasteiger partial charge in [0.05, 0.1) is 19.1 Å². The van der Waals surface area contributed by atoms with Crippen LogP contribution >= 0.6 is 11.6 Å². The van der Waals surface area contributed by atoms with Crippen molar-refractivity contribution in [1.29, 1.82) is 0 Å². The van der Waals surface area contributed by atoms with Crippen LogP contribution in [0.5, 0.6) is 5.75 Å². The van der Waals surface area contributed by atoms with Crippen LogP contribution in [-0.2, 0) is 32.6 Å². The zero-order valence-corrected chi connectivity index (χ0v) is 24.8. The van der Waals surface area contributed by atoms with Crippen molar-refractivity contribution in [3.8, 4) is 5.75 Å². The number of hydrogen-bond acceptors (Lipinski definition) is 5. The zero-order valence-electron chi connectivity index (χ0n) is 23.2. The molecule has 0 aliphatic heterocycles. The van der Waals surface area contributed by atoms with E-state index in [4.69, 9.17) is 16.3 Å². The molecule has 0 radical (unpaired) electrons. The lowest BCUT2D eigenvalue weighted by atomic mass is 10.0. The lowest BCUT2D eigenvalue weighted by Crippen LogP contribution is -2.53. The minimum atomic E-state index is -3.87. The van der Waals surface area contributed by atoms with E-state index in [1.54, 1.807) is 43.5 Å². The highest BCUT2D eigenvalue weighted by Crippen LogP contribution is 2.24. The first-order valence-corrected chi connectivity index (χ1v) is 15.2. The molecule has 0 unspecified atom stereocenters. The molecule has 214 valence electrons. The monoisotopic (exact) mass is 585 g/mol. The van der Waals surface area contributed by atoms with Crippen LogP contribution in [0, 0.1) is 5.92 Å². The molecule has 0 spiro atoms. The predicted molar refractivity (Wildman–Crippen MR) is 159 cm³/mol. The molecular weight excluding hydrogens is 550 g/mol. The first-order chi connectivity index (χ1) is 19.0. The average Bonchev–Trinajstić information content (AvgIpc) is 2.92. The van der Waals surface area contributed by atoms with E-state index in [0.717, 1.165) is 21.7 Å². The maximum absolute atomic E-state index is 14.1. The zero-order chi connectivity index (χ0) is 29.3. The number of rotatable bonds is 13. The molecule has 3 aromatic carbocycles. The fourth-order valence-corrected chi connectivity index (χ4v) is 5.21. The Hall–Kier alpha value is -3.56. The molecule has 0 aromatic heterocycles. The van der Waals surface area contributed by atoms with Gasteiger partial charge in [-0.1, -0.05) is 74.0 Å². The van der Waals surface area contributed by atoms with Crippen LogP contribution in [0.25, 0.3) is 0 Å². The quantitative estimate of drug-likeness (QED) is 0.318. The van der Waals surface area contributed by atoms with Crippen molar-refractivity contribution >= 4 is 39.1 Å². The molecule has 1 atom stereocenters. The molecule has 8 nitrogen and oxygen atoms in total. The SMILES string of the molecule is COc1cccc(CN(C(=O)CN(c2cccc(Cl)c2)S(C)(=O)=O)[C@H](Cc2ccccc2)C(=O)NCC(C)C)c1. The number of ether oxygens (including phenoxy) is 1. The molecule has 0 aliphatic rings. The van der Waals surface area contributed by atoms with Crippen molar-refractivity contribution in [3.63, 3.8) is 0 Å². The van der Waals surface area contributed by atoms with Gasteiger partial charge in [0, 0.05) is 24.5 Å². The fourth-order valence-electron chi connectivity index (χ4n) is 4.19. The Bertz CT molecular complexity index is 1400. The number of nitrogens with one attached hydrogen (secondary N) is 1. The number of benzene rings is 3. The van der Waals surface area contributed by atoms with Crippen LogP contribution in [-0.4, -0.2) is 57.6 Å². The maximum atomic E-state index is 14.1. The summed E-state index contributed by atoms with van der Waals surface area (Å²) in [5.74, 6) is -0.0471. The summed E-state index contributed by atoms with van der Waals surface area (Å²) in [5.41, 5.74) is 1.86. The normalized spacial score (nSPS) is 12.1. The summed E-state index contributed by atoms with van der Waals surface area (Å²) in [6, 6.07) is 22.0. The molecule has 0 aliphatic carbocycles. The molecule has 0 fully saturated rings. The minimum Gasteiger partial charge on any atom is -0.497 e. The van der Waals surface area contributed by atoms with E-state index in [-0.39, 0.29) is 30.5 Å². The van der Waals surface area contributed by atoms with Gasteiger partial charge in [0.15, 0.2) is 0 Å². The summed E-state index contributed by atoms with van der Waals surface area (Å²) in [7, 11) is -2.32. The van der Waals surface area contributed by atoms with E-state index in [1.165, 1.54) is 11.0 Å². The van der Waals surface area contributed by atoms with Gasteiger partial charge in [-0.05, 0) is 47.4 Å². The van der Waals surface area contributed by atoms with Gasteiger partial charge in [-0.3, -0.25) is 13.9 Å².